The van der Waals surface area contributed by atoms with Crippen LogP contribution < -0.4 is 0 Å². The fourth-order valence-electron chi connectivity index (χ4n) is 0.703. The van der Waals surface area contributed by atoms with Crippen molar-refractivity contribution >= 4 is 0 Å². The molecule has 0 amide bonds. The lowest BCUT2D eigenvalue weighted by Gasteiger charge is -2.00. The SMILES string of the molecule is C[C@H](/C=C/CCO)CCO. The van der Waals surface area contributed by atoms with Gasteiger partial charge in [0.2, 0.25) is 0 Å². The lowest BCUT2D eigenvalue weighted by Crippen LogP contribution is -1.93. The van der Waals surface area contributed by atoms with E-state index in [2.05, 4.69) is 0 Å². The molecule has 0 bridgehead atoms. The summed E-state index contributed by atoms with van der Waals surface area (Å²) in [5, 5.41) is 16.9. The second-order valence-corrected chi connectivity index (χ2v) is 2.43. The molecule has 0 radical (unpaired) electrons. The van der Waals surface area contributed by atoms with Crippen molar-refractivity contribution in [2.75, 3.05) is 13.2 Å². The minimum atomic E-state index is 0.211. The van der Waals surface area contributed by atoms with Gasteiger partial charge in [-0.05, 0) is 18.8 Å². The largest absolute Gasteiger partial charge is 0.396 e. The van der Waals surface area contributed by atoms with E-state index in [1.807, 2.05) is 19.1 Å². The third kappa shape index (κ3) is 5.79. The predicted octanol–water partition coefficient (Wildman–Crippen LogP) is 0.944. The molecule has 0 aromatic carbocycles. The monoisotopic (exact) mass is 144 g/mol. The number of allylic oxidation sites excluding steroid dienone is 1. The first-order chi connectivity index (χ1) is 4.81. The van der Waals surface area contributed by atoms with Crippen molar-refractivity contribution in [3.63, 3.8) is 0 Å². The summed E-state index contributed by atoms with van der Waals surface area (Å²) in [7, 11) is 0. The lowest BCUT2D eigenvalue weighted by atomic mass is 10.1. The summed E-state index contributed by atoms with van der Waals surface area (Å²) in [6.07, 6.45) is 5.49. The molecule has 0 aliphatic rings. The molecule has 0 aromatic rings. The maximum atomic E-state index is 8.51. The summed E-state index contributed by atoms with van der Waals surface area (Å²) in [6, 6.07) is 0. The summed E-state index contributed by atoms with van der Waals surface area (Å²) < 4.78 is 0. The number of hydrogen-bond acceptors (Lipinski definition) is 2. The van der Waals surface area contributed by atoms with Crippen LogP contribution in [0.1, 0.15) is 19.8 Å². The highest BCUT2D eigenvalue weighted by Gasteiger charge is 1.92. The average Bonchev–Trinajstić information content (AvgIpc) is 1.89. The van der Waals surface area contributed by atoms with E-state index in [-0.39, 0.29) is 13.2 Å². The third-order valence-electron chi connectivity index (χ3n) is 1.34. The molecular weight excluding hydrogens is 128 g/mol. The summed E-state index contributed by atoms with van der Waals surface area (Å²) in [5.74, 6) is 0.427. The molecule has 2 heteroatoms. The Morgan fingerprint density at radius 2 is 2.00 bits per heavy atom. The van der Waals surface area contributed by atoms with E-state index >= 15 is 0 Å². The highest BCUT2D eigenvalue weighted by atomic mass is 16.3. The van der Waals surface area contributed by atoms with E-state index in [1.54, 1.807) is 0 Å². The van der Waals surface area contributed by atoms with Crippen LogP contribution in [0.15, 0.2) is 12.2 Å². The molecule has 2 nitrogen and oxygen atoms in total. The number of rotatable bonds is 5. The first kappa shape index (κ1) is 9.66. The molecule has 0 aliphatic carbocycles. The molecule has 0 aromatic heterocycles. The second kappa shape index (κ2) is 6.78. The van der Waals surface area contributed by atoms with E-state index in [9.17, 15) is 0 Å². The Bertz CT molecular complexity index is 89.3. The number of hydrogen-bond donors (Lipinski definition) is 2. The Labute approximate surface area is 62.2 Å². The van der Waals surface area contributed by atoms with Gasteiger partial charge in [-0.2, -0.15) is 0 Å². The Kier molecular flexibility index (Phi) is 6.55. The van der Waals surface area contributed by atoms with Crippen LogP contribution in [0.5, 0.6) is 0 Å². The van der Waals surface area contributed by atoms with Gasteiger partial charge >= 0.3 is 0 Å². The zero-order chi connectivity index (χ0) is 7.82. The Balaban J connectivity index is 3.26. The minimum Gasteiger partial charge on any atom is -0.396 e. The molecule has 0 aliphatic heterocycles. The maximum absolute atomic E-state index is 8.51. The molecule has 0 heterocycles. The maximum Gasteiger partial charge on any atom is 0.0465 e. The Morgan fingerprint density at radius 1 is 1.30 bits per heavy atom. The van der Waals surface area contributed by atoms with E-state index in [0.29, 0.717) is 5.92 Å². The van der Waals surface area contributed by atoms with Crippen LogP contribution >= 0.6 is 0 Å². The molecule has 0 saturated heterocycles. The van der Waals surface area contributed by atoms with Gasteiger partial charge in [0.1, 0.15) is 0 Å². The third-order valence-corrected chi connectivity index (χ3v) is 1.34. The van der Waals surface area contributed by atoms with Crippen molar-refractivity contribution in [1.82, 2.24) is 0 Å². The molecule has 2 N–H and O–H groups in total. The van der Waals surface area contributed by atoms with Crippen molar-refractivity contribution in [1.29, 1.82) is 0 Å². The van der Waals surface area contributed by atoms with Crippen molar-refractivity contribution in [3.05, 3.63) is 12.2 Å². The molecule has 1 atom stereocenters. The van der Waals surface area contributed by atoms with Crippen LogP contribution in [0, 0.1) is 5.92 Å². The summed E-state index contributed by atoms with van der Waals surface area (Å²) in [4.78, 5) is 0. The van der Waals surface area contributed by atoms with Gasteiger partial charge in [-0.3, -0.25) is 0 Å². The summed E-state index contributed by atoms with van der Waals surface area (Å²) >= 11 is 0. The second-order valence-electron chi connectivity index (χ2n) is 2.43. The van der Waals surface area contributed by atoms with Gasteiger partial charge in [-0.1, -0.05) is 19.1 Å². The quantitative estimate of drug-likeness (QED) is 0.564. The van der Waals surface area contributed by atoms with E-state index in [4.69, 9.17) is 10.2 Å². The van der Waals surface area contributed by atoms with Gasteiger partial charge in [0.25, 0.3) is 0 Å². The molecule has 0 spiro atoms. The highest BCUT2D eigenvalue weighted by Crippen LogP contribution is 2.02. The van der Waals surface area contributed by atoms with Gasteiger partial charge in [0, 0.05) is 13.2 Å². The topological polar surface area (TPSA) is 40.5 Å². The first-order valence-electron chi connectivity index (χ1n) is 3.69. The van der Waals surface area contributed by atoms with Crippen molar-refractivity contribution in [3.8, 4) is 0 Å². The van der Waals surface area contributed by atoms with E-state index in [0.717, 1.165) is 12.8 Å². The normalized spacial score (nSPS) is 14.3. The zero-order valence-corrected chi connectivity index (χ0v) is 6.45. The van der Waals surface area contributed by atoms with Gasteiger partial charge in [0.15, 0.2) is 0 Å². The fraction of sp³-hybridized carbons (Fsp3) is 0.750. The smallest absolute Gasteiger partial charge is 0.0465 e. The van der Waals surface area contributed by atoms with Crippen LogP contribution in [0.3, 0.4) is 0 Å². The first-order valence-corrected chi connectivity index (χ1v) is 3.69. The van der Waals surface area contributed by atoms with Crippen LogP contribution in [-0.4, -0.2) is 23.4 Å². The average molecular weight is 144 g/mol. The van der Waals surface area contributed by atoms with Crippen LogP contribution in [0.2, 0.25) is 0 Å². The van der Waals surface area contributed by atoms with Crippen molar-refractivity contribution in [2.45, 2.75) is 19.8 Å². The minimum absolute atomic E-state index is 0.211. The van der Waals surface area contributed by atoms with Gasteiger partial charge < -0.3 is 10.2 Å². The molecule has 0 rings (SSSR count). The Morgan fingerprint density at radius 3 is 2.50 bits per heavy atom. The molecule has 10 heavy (non-hydrogen) atoms. The highest BCUT2D eigenvalue weighted by molar-refractivity contribution is 4.85. The number of aliphatic hydroxyl groups excluding tert-OH is 2. The van der Waals surface area contributed by atoms with Crippen LogP contribution in [-0.2, 0) is 0 Å². The van der Waals surface area contributed by atoms with Gasteiger partial charge in [-0.15, -0.1) is 0 Å². The van der Waals surface area contributed by atoms with E-state index < -0.39 is 0 Å². The zero-order valence-electron chi connectivity index (χ0n) is 6.45. The van der Waals surface area contributed by atoms with Crippen LogP contribution in [0.4, 0.5) is 0 Å². The molecular formula is C8H16O2. The molecule has 0 saturated carbocycles. The van der Waals surface area contributed by atoms with Crippen molar-refractivity contribution < 1.29 is 10.2 Å². The number of aliphatic hydroxyl groups is 2. The Hall–Kier alpha value is -0.340. The van der Waals surface area contributed by atoms with Crippen molar-refractivity contribution in [2.24, 2.45) is 5.92 Å². The fourth-order valence-corrected chi connectivity index (χ4v) is 0.703. The summed E-state index contributed by atoms with van der Waals surface area (Å²) in [5.41, 5.74) is 0. The van der Waals surface area contributed by atoms with Gasteiger partial charge in [-0.25, -0.2) is 0 Å². The molecule has 0 fully saturated rings. The van der Waals surface area contributed by atoms with E-state index in [1.165, 1.54) is 0 Å². The van der Waals surface area contributed by atoms with Gasteiger partial charge in [0.05, 0.1) is 0 Å². The molecule has 0 unspecified atom stereocenters. The predicted molar refractivity (Wildman–Crippen MR) is 41.7 cm³/mol. The molecule has 60 valence electrons. The standard InChI is InChI=1S/C8H16O2/c1-8(5-7-10)4-2-3-6-9/h2,4,8-10H,3,5-7H2,1H3/b4-2+/t8-/m1/s1. The lowest BCUT2D eigenvalue weighted by molar-refractivity contribution is 0.273. The van der Waals surface area contributed by atoms with Crippen LogP contribution in [0.25, 0.3) is 0 Å². The summed E-state index contributed by atoms with van der Waals surface area (Å²) in [6.45, 7) is 2.50.